The zero-order valence-corrected chi connectivity index (χ0v) is 12.1. The first kappa shape index (κ1) is 14.1. The summed E-state index contributed by atoms with van der Waals surface area (Å²) in [6.45, 7) is 2.28. The molecule has 0 aliphatic carbocycles. The molecule has 2 aromatic rings. The smallest absolute Gasteiger partial charge is 0.0341 e. The van der Waals surface area contributed by atoms with Gasteiger partial charge in [0.05, 0.1) is 0 Å². The number of halogens is 1. The predicted octanol–water partition coefficient (Wildman–Crippen LogP) is 3.73. The first-order valence-electron chi connectivity index (χ1n) is 6.61. The fraction of sp³-hybridized carbons (Fsp3) is 0.294. The minimum absolute atomic E-state index is 0. The summed E-state index contributed by atoms with van der Waals surface area (Å²) in [5, 5.41) is 0. The average molecular weight is 274 g/mol. The van der Waals surface area contributed by atoms with E-state index in [4.69, 9.17) is 0 Å². The van der Waals surface area contributed by atoms with E-state index in [9.17, 15) is 0 Å². The lowest BCUT2D eigenvalue weighted by atomic mass is 9.74. The number of rotatable bonds is 2. The summed E-state index contributed by atoms with van der Waals surface area (Å²) in [6, 6.07) is 21.9. The van der Waals surface area contributed by atoms with Crippen molar-refractivity contribution in [2.45, 2.75) is 11.8 Å². The van der Waals surface area contributed by atoms with Crippen LogP contribution in [-0.2, 0) is 5.41 Å². The van der Waals surface area contributed by atoms with Gasteiger partial charge >= 0.3 is 0 Å². The van der Waals surface area contributed by atoms with Gasteiger partial charge in [-0.15, -0.1) is 12.4 Å². The van der Waals surface area contributed by atoms with Gasteiger partial charge in [-0.1, -0.05) is 60.7 Å². The van der Waals surface area contributed by atoms with Crippen molar-refractivity contribution in [2.75, 3.05) is 20.1 Å². The van der Waals surface area contributed by atoms with E-state index in [2.05, 4.69) is 72.6 Å². The largest absolute Gasteiger partial charge is 0.305 e. The monoisotopic (exact) mass is 273 g/mol. The molecule has 0 atom stereocenters. The van der Waals surface area contributed by atoms with E-state index in [1.807, 2.05) is 0 Å². The van der Waals surface area contributed by atoms with Gasteiger partial charge in [0, 0.05) is 12.0 Å². The summed E-state index contributed by atoms with van der Waals surface area (Å²) in [7, 11) is 2.22. The van der Waals surface area contributed by atoms with Gasteiger partial charge in [0.25, 0.3) is 0 Å². The summed E-state index contributed by atoms with van der Waals surface area (Å²) < 4.78 is 0. The zero-order chi connectivity index (χ0) is 12.4. The van der Waals surface area contributed by atoms with Gasteiger partial charge in [0.15, 0.2) is 0 Å². The predicted molar refractivity (Wildman–Crippen MR) is 83.0 cm³/mol. The lowest BCUT2D eigenvalue weighted by Gasteiger charge is -2.30. The van der Waals surface area contributed by atoms with Crippen molar-refractivity contribution in [3.63, 3.8) is 0 Å². The maximum Gasteiger partial charge on any atom is 0.0341 e. The van der Waals surface area contributed by atoms with Crippen LogP contribution < -0.4 is 0 Å². The molecule has 100 valence electrons. The van der Waals surface area contributed by atoms with Gasteiger partial charge in [-0.25, -0.2) is 0 Å². The molecule has 1 nitrogen and oxygen atoms in total. The third kappa shape index (κ3) is 2.54. The van der Waals surface area contributed by atoms with Gasteiger partial charge in [0.2, 0.25) is 0 Å². The van der Waals surface area contributed by atoms with Gasteiger partial charge in [-0.3, -0.25) is 0 Å². The van der Waals surface area contributed by atoms with Gasteiger partial charge in [-0.05, 0) is 31.1 Å². The summed E-state index contributed by atoms with van der Waals surface area (Å²) in [5.41, 5.74) is 3.07. The standard InChI is InChI=1S/C17H19N.ClH/c1-18-13-12-17(14-18,15-8-4-2-5-9-15)16-10-6-3-7-11-16;/h2-11H,12-14H2,1H3;1H. The number of hydrogen-bond acceptors (Lipinski definition) is 1. The zero-order valence-electron chi connectivity index (χ0n) is 11.3. The minimum atomic E-state index is 0. The Kier molecular flexibility index (Phi) is 4.28. The molecule has 1 heterocycles. The molecule has 0 spiro atoms. The van der Waals surface area contributed by atoms with Crippen LogP contribution in [-0.4, -0.2) is 25.0 Å². The second kappa shape index (κ2) is 5.77. The summed E-state index contributed by atoms with van der Waals surface area (Å²) in [4.78, 5) is 2.43. The number of benzene rings is 2. The fourth-order valence-corrected chi connectivity index (χ4v) is 3.15. The molecule has 0 amide bonds. The van der Waals surface area contributed by atoms with Crippen LogP contribution >= 0.6 is 12.4 Å². The van der Waals surface area contributed by atoms with Crippen LogP contribution in [0, 0.1) is 0 Å². The molecular weight excluding hydrogens is 254 g/mol. The van der Waals surface area contributed by atoms with Crippen LogP contribution in [0.5, 0.6) is 0 Å². The first-order chi connectivity index (χ1) is 8.81. The molecule has 3 rings (SSSR count). The second-order valence-corrected chi connectivity index (χ2v) is 5.30. The highest BCUT2D eigenvalue weighted by Crippen LogP contribution is 2.40. The Morgan fingerprint density at radius 3 is 1.68 bits per heavy atom. The van der Waals surface area contributed by atoms with Crippen molar-refractivity contribution < 1.29 is 0 Å². The topological polar surface area (TPSA) is 3.24 Å². The molecule has 0 bridgehead atoms. The molecule has 2 heteroatoms. The maximum atomic E-state index is 2.43. The van der Waals surface area contributed by atoms with E-state index < -0.39 is 0 Å². The van der Waals surface area contributed by atoms with Crippen LogP contribution in [0.3, 0.4) is 0 Å². The Labute approximate surface area is 121 Å². The van der Waals surface area contributed by atoms with Gasteiger partial charge in [-0.2, -0.15) is 0 Å². The van der Waals surface area contributed by atoms with Crippen LogP contribution in [0.25, 0.3) is 0 Å². The molecule has 19 heavy (non-hydrogen) atoms. The molecule has 0 unspecified atom stereocenters. The van der Waals surface area contributed by atoms with E-state index >= 15 is 0 Å². The minimum Gasteiger partial charge on any atom is -0.305 e. The normalized spacial score (nSPS) is 17.9. The summed E-state index contributed by atoms with van der Waals surface area (Å²) in [6.07, 6.45) is 1.21. The Morgan fingerprint density at radius 1 is 0.842 bits per heavy atom. The van der Waals surface area contributed by atoms with Crippen molar-refractivity contribution in [3.8, 4) is 0 Å². The Morgan fingerprint density at radius 2 is 1.32 bits per heavy atom. The highest BCUT2D eigenvalue weighted by molar-refractivity contribution is 5.85. The molecule has 0 N–H and O–H groups in total. The lowest BCUT2D eigenvalue weighted by molar-refractivity contribution is 0.391. The molecule has 1 aliphatic heterocycles. The summed E-state index contributed by atoms with van der Waals surface area (Å²) in [5.74, 6) is 0. The Bertz CT molecular complexity index is 470. The molecule has 2 aromatic carbocycles. The third-order valence-electron chi connectivity index (χ3n) is 4.11. The van der Waals surface area contributed by atoms with Crippen molar-refractivity contribution in [1.29, 1.82) is 0 Å². The molecule has 1 saturated heterocycles. The van der Waals surface area contributed by atoms with E-state index in [0.717, 1.165) is 6.54 Å². The summed E-state index contributed by atoms with van der Waals surface area (Å²) >= 11 is 0. The highest BCUT2D eigenvalue weighted by Gasteiger charge is 2.39. The van der Waals surface area contributed by atoms with Crippen LogP contribution in [0.15, 0.2) is 60.7 Å². The van der Waals surface area contributed by atoms with Crippen molar-refractivity contribution in [2.24, 2.45) is 0 Å². The maximum absolute atomic E-state index is 2.43. The highest BCUT2D eigenvalue weighted by atomic mass is 35.5. The van der Waals surface area contributed by atoms with E-state index in [1.165, 1.54) is 24.1 Å². The Hall–Kier alpha value is -1.31. The fourth-order valence-electron chi connectivity index (χ4n) is 3.15. The third-order valence-corrected chi connectivity index (χ3v) is 4.11. The Balaban J connectivity index is 0.00000133. The molecule has 0 radical (unpaired) electrons. The molecular formula is C17H20ClN. The average Bonchev–Trinajstić information content (AvgIpc) is 2.84. The van der Waals surface area contributed by atoms with Crippen molar-refractivity contribution in [3.05, 3.63) is 71.8 Å². The number of likely N-dealkylation sites (tertiary alicyclic amines) is 1. The number of hydrogen-bond donors (Lipinski definition) is 0. The van der Waals surface area contributed by atoms with E-state index in [-0.39, 0.29) is 17.8 Å². The SMILES string of the molecule is CN1CCC(c2ccccc2)(c2ccccc2)C1.Cl. The lowest BCUT2D eigenvalue weighted by Crippen LogP contribution is -2.30. The first-order valence-corrected chi connectivity index (χ1v) is 6.61. The van der Waals surface area contributed by atoms with Crippen LogP contribution in [0.2, 0.25) is 0 Å². The molecule has 1 aliphatic rings. The van der Waals surface area contributed by atoms with Crippen molar-refractivity contribution in [1.82, 2.24) is 4.90 Å². The number of likely N-dealkylation sites (N-methyl/N-ethyl adjacent to an activating group) is 1. The van der Waals surface area contributed by atoms with Crippen LogP contribution in [0.1, 0.15) is 17.5 Å². The molecule has 1 fully saturated rings. The van der Waals surface area contributed by atoms with Gasteiger partial charge < -0.3 is 4.90 Å². The molecule has 0 saturated carbocycles. The van der Waals surface area contributed by atoms with Crippen LogP contribution in [0.4, 0.5) is 0 Å². The molecule has 0 aromatic heterocycles. The van der Waals surface area contributed by atoms with Gasteiger partial charge in [0.1, 0.15) is 0 Å². The number of nitrogens with zero attached hydrogens (tertiary/aromatic N) is 1. The van der Waals surface area contributed by atoms with Crippen molar-refractivity contribution >= 4 is 12.4 Å². The van der Waals surface area contributed by atoms with E-state index in [1.54, 1.807) is 0 Å². The van der Waals surface area contributed by atoms with E-state index in [0.29, 0.717) is 0 Å². The second-order valence-electron chi connectivity index (χ2n) is 5.30. The quantitative estimate of drug-likeness (QED) is 0.806.